The highest BCUT2D eigenvalue weighted by atomic mass is 16.6. The first-order valence-corrected chi connectivity index (χ1v) is 8.72. The van der Waals surface area contributed by atoms with Crippen LogP contribution in [-0.4, -0.2) is 43.5 Å². The Morgan fingerprint density at radius 3 is 2.62 bits per heavy atom. The second-order valence-electron chi connectivity index (χ2n) is 6.87. The number of nitro benzene ring substituents is 1. The maximum absolute atomic E-state index is 12.1. The predicted molar refractivity (Wildman–Crippen MR) is 97.3 cm³/mol. The predicted octanol–water partition coefficient (Wildman–Crippen LogP) is 2.51. The van der Waals surface area contributed by atoms with Gasteiger partial charge in [-0.05, 0) is 30.9 Å². The Morgan fingerprint density at radius 2 is 2.00 bits per heavy atom. The zero-order valence-electron chi connectivity index (χ0n) is 15.4. The summed E-state index contributed by atoms with van der Waals surface area (Å²) in [6, 6.07) is 4.21. The van der Waals surface area contributed by atoms with Gasteiger partial charge in [0, 0.05) is 26.2 Å². The van der Waals surface area contributed by atoms with Gasteiger partial charge in [0.25, 0.3) is 11.6 Å². The number of carbonyl (C=O) groups excluding carboxylic acids is 2. The average Bonchev–Trinajstić information content (AvgIpc) is 2.61. The Morgan fingerprint density at radius 1 is 1.31 bits per heavy atom. The summed E-state index contributed by atoms with van der Waals surface area (Å²) in [6.45, 7) is 1.70. The highest BCUT2D eigenvalue weighted by Gasteiger charge is 2.24. The van der Waals surface area contributed by atoms with Crippen LogP contribution >= 0.6 is 0 Å². The lowest BCUT2D eigenvalue weighted by atomic mass is 9.86. The summed E-state index contributed by atoms with van der Waals surface area (Å²) >= 11 is 0. The molecule has 0 heterocycles. The fourth-order valence-corrected chi connectivity index (χ4v) is 3.17. The molecule has 1 aromatic rings. The van der Waals surface area contributed by atoms with Crippen molar-refractivity contribution >= 4 is 23.3 Å². The van der Waals surface area contributed by atoms with Crippen LogP contribution < -0.4 is 10.2 Å². The molecule has 0 spiro atoms. The lowest BCUT2D eigenvalue weighted by molar-refractivity contribution is -0.384. The van der Waals surface area contributed by atoms with Gasteiger partial charge in [-0.25, -0.2) is 4.79 Å². The molecule has 1 saturated carbocycles. The van der Waals surface area contributed by atoms with Crippen LogP contribution in [0.25, 0.3) is 0 Å². The molecule has 142 valence electrons. The first kappa shape index (κ1) is 19.7. The van der Waals surface area contributed by atoms with Crippen molar-refractivity contribution in [1.82, 2.24) is 5.32 Å². The van der Waals surface area contributed by atoms with E-state index in [2.05, 4.69) is 12.2 Å². The van der Waals surface area contributed by atoms with Crippen LogP contribution in [0.1, 0.15) is 43.0 Å². The number of rotatable bonds is 6. The van der Waals surface area contributed by atoms with Gasteiger partial charge in [0.05, 0.1) is 10.5 Å². The highest BCUT2D eigenvalue weighted by molar-refractivity contribution is 5.93. The summed E-state index contributed by atoms with van der Waals surface area (Å²) in [6.07, 6.45) is 4.26. The Labute approximate surface area is 152 Å². The van der Waals surface area contributed by atoms with E-state index in [1.165, 1.54) is 24.6 Å². The lowest BCUT2D eigenvalue weighted by Crippen LogP contribution is -2.42. The van der Waals surface area contributed by atoms with Gasteiger partial charge < -0.3 is 15.0 Å². The summed E-state index contributed by atoms with van der Waals surface area (Å²) in [7, 11) is 3.36. The molecule has 0 bridgehead atoms. The van der Waals surface area contributed by atoms with Gasteiger partial charge >= 0.3 is 5.97 Å². The van der Waals surface area contributed by atoms with E-state index >= 15 is 0 Å². The molecular weight excluding hydrogens is 338 g/mol. The number of nitro groups is 1. The second-order valence-corrected chi connectivity index (χ2v) is 6.87. The van der Waals surface area contributed by atoms with E-state index in [-0.39, 0.29) is 23.2 Å². The molecule has 1 aliphatic rings. The van der Waals surface area contributed by atoms with Gasteiger partial charge in [0.15, 0.2) is 6.61 Å². The number of esters is 1. The van der Waals surface area contributed by atoms with Gasteiger partial charge in [0.1, 0.15) is 5.69 Å². The average molecular weight is 363 g/mol. The van der Waals surface area contributed by atoms with Crippen LogP contribution in [0.3, 0.4) is 0 Å². The van der Waals surface area contributed by atoms with E-state index in [1.807, 2.05) is 0 Å². The molecule has 2 atom stereocenters. The van der Waals surface area contributed by atoms with E-state index in [4.69, 9.17) is 4.74 Å². The van der Waals surface area contributed by atoms with Gasteiger partial charge in [0.2, 0.25) is 0 Å². The molecule has 1 amide bonds. The molecule has 1 aromatic carbocycles. The van der Waals surface area contributed by atoms with E-state index in [9.17, 15) is 19.7 Å². The first-order valence-electron chi connectivity index (χ1n) is 8.72. The van der Waals surface area contributed by atoms with E-state index in [0.29, 0.717) is 11.6 Å². The minimum Gasteiger partial charge on any atom is -0.452 e. The number of hydrogen-bond acceptors (Lipinski definition) is 6. The van der Waals surface area contributed by atoms with Crippen molar-refractivity contribution in [3.8, 4) is 0 Å². The zero-order chi connectivity index (χ0) is 19.3. The quantitative estimate of drug-likeness (QED) is 0.473. The third-order valence-corrected chi connectivity index (χ3v) is 4.68. The van der Waals surface area contributed by atoms with E-state index < -0.39 is 17.5 Å². The molecule has 1 fully saturated rings. The Bertz CT molecular complexity index is 689. The third kappa shape index (κ3) is 4.93. The number of anilines is 1. The summed E-state index contributed by atoms with van der Waals surface area (Å²) in [5.41, 5.74) is 0.238. The standard InChI is InChI=1S/C18H25N3O5/c1-12-6-4-5-7-14(12)19-17(22)11-26-18(23)13-8-9-15(20(2)3)16(10-13)21(24)25/h8-10,12,14H,4-7,11H2,1-3H3,(H,19,22)/t12-,14+/m1/s1. The van der Waals surface area contributed by atoms with Gasteiger partial charge in [-0.15, -0.1) is 0 Å². The summed E-state index contributed by atoms with van der Waals surface area (Å²) in [5.74, 6) is -0.702. The molecule has 8 nitrogen and oxygen atoms in total. The fourth-order valence-electron chi connectivity index (χ4n) is 3.17. The lowest BCUT2D eigenvalue weighted by Gasteiger charge is -2.29. The number of hydrogen-bond donors (Lipinski definition) is 1. The van der Waals surface area contributed by atoms with Gasteiger partial charge in [-0.3, -0.25) is 14.9 Å². The normalized spacial score (nSPS) is 19.5. The first-order chi connectivity index (χ1) is 12.3. The molecule has 0 aliphatic heterocycles. The van der Waals surface area contributed by atoms with Crippen molar-refractivity contribution in [3.05, 3.63) is 33.9 Å². The maximum atomic E-state index is 12.1. The number of nitrogens with one attached hydrogen (secondary N) is 1. The highest BCUT2D eigenvalue weighted by Crippen LogP contribution is 2.28. The molecule has 26 heavy (non-hydrogen) atoms. The van der Waals surface area contributed by atoms with Crippen LogP contribution in [0, 0.1) is 16.0 Å². The molecule has 2 rings (SSSR count). The van der Waals surface area contributed by atoms with Gasteiger partial charge in [-0.1, -0.05) is 19.8 Å². The minimum absolute atomic E-state index is 0.0427. The van der Waals surface area contributed by atoms with Crippen LogP contribution in [0.2, 0.25) is 0 Å². The second kappa shape index (κ2) is 8.64. The van der Waals surface area contributed by atoms with Crippen molar-refractivity contribution < 1.29 is 19.2 Å². The summed E-state index contributed by atoms with van der Waals surface area (Å²) in [4.78, 5) is 36.4. The number of benzene rings is 1. The number of ether oxygens (including phenoxy) is 1. The fraction of sp³-hybridized carbons (Fsp3) is 0.556. The largest absolute Gasteiger partial charge is 0.452 e. The molecular formula is C18H25N3O5. The van der Waals surface area contributed by atoms with Crippen molar-refractivity contribution in [2.75, 3.05) is 25.6 Å². The Balaban J connectivity index is 1.96. The molecule has 0 aromatic heterocycles. The monoisotopic (exact) mass is 363 g/mol. The Kier molecular flexibility index (Phi) is 6.54. The smallest absolute Gasteiger partial charge is 0.338 e. The Hall–Kier alpha value is -2.64. The van der Waals surface area contributed by atoms with Crippen molar-refractivity contribution in [2.24, 2.45) is 5.92 Å². The number of carbonyl (C=O) groups is 2. The van der Waals surface area contributed by atoms with Crippen LogP contribution in [0.4, 0.5) is 11.4 Å². The summed E-state index contributed by atoms with van der Waals surface area (Å²) < 4.78 is 5.01. The summed E-state index contributed by atoms with van der Waals surface area (Å²) in [5, 5.41) is 14.1. The van der Waals surface area contributed by atoms with Gasteiger partial charge in [-0.2, -0.15) is 0 Å². The minimum atomic E-state index is -0.759. The number of amides is 1. The van der Waals surface area contributed by atoms with Crippen molar-refractivity contribution in [1.29, 1.82) is 0 Å². The molecule has 0 unspecified atom stereocenters. The molecule has 1 aliphatic carbocycles. The topological polar surface area (TPSA) is 102 Å². The molecule has 1 N–H and O–H groups in total. The van der Waals surface area contributed by atoms with Crippen LogP contribution in [0.5, 0.6) is 0 Å². The molecule has 8 heteroatoms. The van der Waals surface area contributed by atoms with Crippen molar-refractivity contribution in [2.45, 2.75) is 38.6 Å². The third-order valence-electron chi connectivity index (χ3n) is 4.68. The van der Waals surface area contributed by atoms with Crippen LogP contribution in [0.15, 0.2) is 18.2 Å². The maximum Gasteiger partial charge on any atom is 0.338 e. The number of nitrogens with zero attached hydrogens (tertiary/aromatic N) is 2. The zero-order valence-corrected chi connectivity index (χ0v) is 15.4. The van der Waals surface area contributed by atoms with E-state index in [1.54, 1.807) is 19.0 Å². The molecule has 0 saturated heterocycles. The van der Waals surface area contributed by atoms with E-state index in [0.717, 1.165) is 19.3 Å². The molecule has 0 radical (unpaired) electrons. The SMILES string of the molecule is C[C@@H]1CCCC[C@@H]1NC(=O)COC(=O)c1ccc(N(C)C)c([N+](=O)[O-])c1. The van der Waals surface area contributed by atoms with Crippen molar-refractivity contribution in [3.63, 3.8) is 0 Å². The van der Waals surface area contributed by atoms with Crippen LogP contribution in [-0.2, 0) is 9.53 Å².